The molecule has 98 valence electrons. The Hall–Kier alpha value is -1.62. The SMILES string of the molecule is Cc1[nH]c(C2(C(=O)O)CC2)nc1-c1ccccc1Br. The smallest absolute Gasteiger partial charge is 0.317 e. The molecule has 0 radical (unpaired) electrons. The molecule has 4 nitrogen and oxygen atoms in total. The maximum absolute atomic E-state index is 11.3. The molecule has 0 bridgehead atoms. The van der Waals surface area contributed by atoms with Gasteiger partial charge in [-0.1, -0.05) is 34.1 Å². The molecule has 0 unspecified atom stereocenters. The van der Waals surface area contributed by atoms with Crippen LogP contribution in [-0.2, 0) is 10.2 Å². The highest BCUT2D eigenvalue weighted by Crippen LogP contribution is 2.48. The topological polar surface area (TPSA) is 66.0 Å². The van der Waals surface area contributed by atoms with Gasteiger partial charge in [-0.25, -0.2) is 4.98 Å². The quantitative estimate of drug-likeness (QED) is 0.912. The van der Waals surface area contributed by atoms with Crippen molar-refractivity contribution in [3.8, 4) is 11.3 Å². The molecule has 0 amide bonds. The van der Waals surface area contributed by atoms with E-state index in [0.29, 0.717) is 18.7 Å². The Kier molecular flexibility index (Phi) is 2.74. The van der Waals surface area contributed by atoms with Gasteiger partial charge in [-0.2, -0.15) is 0 Å². The van der Waals surface area contributed by atoms with E-state index in [1.807, 2.05) is 31.2 Å². The number of nitrogens with zero attached hydrogens (tertiary/aromatic N) is 1. The molecular formula is C14H13BrN2O2. The summed E-state index contributed by atoms with van der Waals surface area (Å²) in [7, 11) is 0. The largest absolute Gasteiger partial charge is 0.480 e. The summed E-state index contributed by atoms with van der Waals surface area (Å²) in [5.74, 6) is -0.219. The average Bonchev–Trinajstić information content (AvgIpc) is 3.10. The molecule has 3 rings (SSSR count). The minimum atomic E-state index is -0.792. The summed E-state index contributed by atoms with van der Waals surface area (Å²) in [6, 6.07) is 7.80. The van der Waals surface area contributed by atoms with Gasteiger partial charge in [-0.3, -0.25) is 4.79 Å². The number of carboxylic acids is 1. The summed E-state index contributed by atoms with van der Waals surface area (Å²) in [4.78, 5) is 19.0. The maximum atomic E-state index is 11.3. The van der Waals surface area contributed by atoms with Crippen LogP contribution >= 0.6 is 15.9 Å². The molecule has 0 spiro atoms. The molecule has 0 aliphatic heterocycles. The van der Waals surface area contributed by atoms with Crippen LogP contribution < -0.4 is 0 Å². The predicted octanol–water partition coefficient (Wildman–Crippen LogP) is 3.26. The second-order valence-corrected chi connectivity index (χ2v) is 5.78. The van der Waals surface area contributed by atoms with Crippen LogP contribution in [0.3, 0.4) is 0 Å². The van der Waals surface area contributed by atoms with Crippen molar-refractivity contribution in [1.29, 1.82) is 0 Å². The van der Waals surface area contributed by atoms with Gasteiger partial charge < -0.3 is 10.1 Å². The fraction of sp³-hybridized carbons (Fsp3) is 0.286. The molecule has 19 heavy (non-hydrogen) atoms. The number of aliphatic carboxylic acids is 1. The molecule has 1 saturated carbocycles. The first kappa shape index (κ1) is 12.4. The van der Waals surface area contributed by atoms with Gasteiger partial charge in [-0.15, -0.1) is 0 Å². The van der Waals surface area contributed by atoms with Crippen molar-refractivity contribution in [2.24, 2.45) is 0 Å². The Balaban J connectivity index is 2.09. The molecule has 1 aromatic carbocycles. The zero-order valence-electron chi connectivity index (χ0n) is 10.4. The van der Waals surface area contributed by atoms with Gasteiger partial charge in [0.2, 0.25) is 0 Å². The fourth-order valence-corrected chi connectivity index (χ4v) is 2.75. The lowest BCUT2D eigenvalue weighted by Gasteiger charge is -2.04. The highest BCUT2D eigenvalue weighted by Gasteiger charge is 2.54. The standard InChI is InChI=1S/C14H13BrN2O2/c1-8-11(9-4-2-3-5-10(9)15)17-12(16-8)14(6-7-14)13(18)19/h2-5H,6-7H2,1H3,(H,16,17)(H,18,19). The monoisotopic (exact) mass is 320 g/mol. The normalized spacial score (nSPS) is 16.3. The lowest BCUT2D eigenvalue weighted by atomic mass is 10.1. The highest BCUT2D eigenvalue weighted by atomic mass is 79.9. The number of halogens is 1. The second-order valence-electron chi connectivity index (χ2n) is 4.93. The van der Waals surface area contributed by atoms with Crippen molar-refractivity contribution in [2.75, 3.05) is 0 Å². The number of H-pyrrole nitrogens is 1. The lowest BCUT2D eigenvalue weighted by Crippen LogP contribution is -2.21. The Bertz CT molecular complexity index is 659. The van der Waals surface area contributed by atoms with E-state index < -0.39 is 11.4 Å². The van der Waals surface area contributed by atoms with Crippen molar-refractivity contribution >= 4 is 21.9 Å². The summed E-state index contributed by atoms with van der Waals surface area (Å²) in [5, 5.41) is 9.31. The van der Waals surface area contributed by atoms with Gasteiger partial charge in [0.05, 0.1) is 5.69 Å². The summed E-state index contributed by atoms with van der Waals surface area (Å²) in [5.41, 5.74) is 1.90. The number of aromatic nitrogens is 2. The van der Waals surface area contributed by atoms with Crippen molar-refractivity contribution in [3.63, 3.8) is 0 Å². The number of nitrogens with one attached hydrogen (secondary N) is 1. The molecule has 0 atom stereocenters. The summed E-state index contributed by atoms with van der Waals surface area (Å²) < 4.78 is 0.955. The lowest BCUT2D eigenvalue weighted by molar-refractivity contribution is -0.140. The van der Waals surface area contributed by atoms with E-state index in [1.54, 1.807) is 0 Å². The van der Waals surface area contributed by atoms with Gasteiger partial charge >= 0.3 is 5.97 Å². The minimum Gasteiger partial charge on any atom is -0.480 e. The fourth-order valence-electron chi connectivity index (χ4n) is 2.28. The average molecular weight is 321 g/mol. The van der Waals surface area contributed by atoms with Crippen LogP contribution in [0.15, 0.2) is 28.7 Å². The van der Waals surface area contributed by atoms with E-state index >= 15 is 0 Å². The first-order chi connectivity index (χ1) is 9.04. The molecular weight excluding hydrogens is 308 g/mol. The number of aryl methyl sites for hydroxylation is 1. The van der Waals surface area contributed by atoms with E-state index in [-0.39, 0.29) is 0 Å². The number of imidazole rings is 1. The molecule has 1 aliphatic carbocycles. The molecule has 1 heterocycles. The third-order valence-electron chi connectivity index (χ3n) is 3.63. The first-order valence-electron chi connectivity index (χ1n) is 6.10. The molecule has 1 aromatic heterocycles. The number of carbonyl (C=O) groups is 1. The number of benzene rings is 1. The van der Waals surface area contributed by atoms with Crippen LogP contribution in [-0.4, -0.2) is 21.0 Å². The zero-order chi connectivity index (χ0) is 13.6. The summed E-state index contributed by atoms with van der Waals surface area (Å²) >= 11 is 3.50. The van der Waals surface area contributed by atoms with Crippen LogP contribution in [0.25, 0.3) is 11.3 Å². The van der Waals surface area contributed by atoms with E-state index in [1.165, 1.54) is 0 Å². The van der Waals surface area contributed by atoms with Gasteiger partial charge in [0.1, 0.15) is 11.2 Å². The third kappa shape index (κ3) is 1.89. The predicted molar refractivity (Wildman–Crippen MR) is 75.0 cm³/mol. The van der Waals surface area contributed by atoms with Gasteiger partial charge in [0.15, 0.2) is 0 Å². The van der Waals surface area contributed by atoms with Gasteiger partial charge in [-0.05, 0) is 25.8 Å². The highest BCUT2D eigenvalue weighted by molar-refractivity contribution is 9.10. The number of carboxylic acid groups (broad SMARTS) is 1. The van der Waals surface area contributed by atoms with Gasteiger partial charge in [0.25, 0.3) is 0 Å². The second kappa shape index (κ2) is 4.20. The van der Waals surface area contributed by atoms with Crippen molar-refractivity contribution in [2.45, 2.75) is 25.2 Å². The zero-order valence-corrected chi connectivity index (χ0v) is 12.0. The maximum Gasteiger partial charge on any atom is 0.317 e. The van der Waals surface area contributed by atoms with E-state index in [4.69, 9.17) is 0 Å². The molecule has 2 N–H and O–H groups in total. The Morgan fingerprint density at radius 1 is 1.42 bits per heavy atom. The van der Waals surface area contributed by atoms with Crippen LogP contribution in [0.4, 0.5) is 0 Å². The van der Waals surface area contributed by atoms with Crippen LogP contribution in [0.5, 0.6) is 0 Å². The van der Waals surface area contributed by atoms with Crippen LogP contribution in [0.1, 0.15) is 24.4 Å². The summed E-state index contributed by atoms with van der Waals surface area (Å²) in [6.45, 7) is 1.92. The molecule has 2 aromatic rings. The molecule has 1 fully saturated rings. The minimum absolute atomic E-state index is 0.572. The first-order valence-corrected chi connectivity index (χ1v) is 6.89. The number of hydrogen-bond donors (Lipinski definition) is 2. The Labute approximate surface area is 119 Å². The third-order valence-corrected chi connectivity index (χ3v) is 4.32. The number of rotatable bonds is 3. The van der Waals surface area contributed by atoms with Crippen LogP contribution in [0.2, 0.25) is 0 Å². The number of aromatic amines is 1. The van der Waals surface area contributed by atoms with Crippen LogP contribution in [0, 0.1) is 6.92 Å². The number of hydrogen-bond acceptors (Lipinski definition) is 2. The molecule has 5 heteroatoms. The Morgan fingerprint density at radius 3 is 2.68 bits per heavy atom. The Morgan fingerprint density at radius 2 is 2.11 bits per heavy atom. The molecule has 1 aliphatic rings. The van der Waals surface area contributed by atoms with Crippen molar-refractivity contribution in [3.05, 3.63) is 40.3 Å². The van der Waals surface area contributed by atoms with E-state index in [2.05, 4.69) is 25.9 Å². The van der Waals surface area contributed by atoms with Gasteiger partial charge in [0, 0.05) is 15.7 Å². The summed E-state index contributed by atoms with van der Waals surface area (Å²) in [6.07, 6.45) is 1.31. The molecule has 0 saturated heterocycles. The van der Waals surface area contributed by atoms with Crippen molar-refractivity contribution < 1.29 is 9.90 Å². The van der Waals surface area contributed by atoms with E-state index in [9.17, 15) is 9.90 Å². The van der Waals surface area contributed by atoms with Crippen molar-refractivity contribution in [1.82, 2.24) is 9.97 Å². The van der Waals surface area contributed by atoms with E-state index in [0.717, 1.165) is 21.4 Å².